The summed E-state index contributed by atoms with van der Waals surface area (Å²) in [6, 6.07) is 0. The summed E-state index contributed by atoms with van der Waals surface area (Å²) >= 11 is 0. The van der Waals surface area contributed by atoms with E-state index in [0.29, 0.717) is 0 Å². The molecule has 3 heteroatoms. The predicted molar refractivity (Wildman–Crippen MR) is 71.0 cm³/mol. The highest BCUT2D eigenvalue weighted by molar-refractivity contribution is 5.23. The first-order valence-corrected chi connectivity index (χ1v) is 7.03. The SMILES string of the molecule is Cn1ncc(C2CCCCCC2)c1CCCN. The molecule has 0 aliphatic heterocycles. The van der Waals surface area contributed by atoms with Gasteiger partial charge in [-0.15, -0.1) is 0 Å². The Labute approximate surface area is 104 Å². The van der Waals surface area contributed by atoms with Crippen molar-refractivity contribution in [3.63, 3.8) is 0 Å². The van der Waals surface area contributed by atoms with E-state index in [-0.39, 0.29) is 0 Å². The lowest BCUT2D eigenvalue weighted by molar-refractivity contribution is 0.580. The van der Waals surface area contributed by atoms with E-state index in [9.17, 15) is 0 Å². The number of aromatic nitrogens is 2. The number of hydrogen-bond acceptors (Lipinski definition) is 2. The number of aryl methyl sites for hydroxylation is 1. The van der Waals surface area contributed by atoms with Crippen LogP contribution in [0.15, 0.2) is 6.20 Å². The maximum Gasteiger partial charge on any atom is 0.0527 e. The molecule has 2 rings (SSSR count). The minimum absolute atomic E-state index is 0.749. The fourth-order valence-corrected chi connectivity index (χ4v) is 2.99. The van der Waals surface area contributed by atoms with Crippen LogP contribution in [-0.2, 0) is 13.5 Å². The first kappa shape index (κ1) is 12.6. The summed E-state index contributed by atoms with van der Waals surface area (Å²) in [5.41, 5.74) is 8.54. The Morgan fingerprint density at radius 1 is 1.29 bits per heavy atom. The maximum atomic E-state index is 5.62. The largest absolute Gasteiger partial charge is 0.330 e. The minimum atomic E-state index is 0.749. The zero-order valence-electron chi connectivity index (χ0n) is 11.0. The maximum absolute atomic E-state index is 5.62. The highest BCUT2D eigenvalue weighted by Gasteiger charge is 2.19. The van der Waals surface area contributed by atoms with Gasteiger partial charge in [0.25, 0.3) is 0 Å². The van der Waals surface area contributed by atoms with Gasteiger partial charge in [0.05, 0.1) is 6.20 Å². The third kappa shape index (κ3) is 3.09. The van der Waals surface area contributed by atoms with Crippen LogP contribution in [-0.4, -0.2) is 16.3 Å². The molecule has 1 saturated carbocycles. The first-order valence-electron chi connectivity index (χ1n) is 7.03. The van der Waals surface area contributed by atoms with Gasteiger partial charge in [-0.2, -0.15) is 5.10 Å². The molecule has 1 heterocycles. The fraction of sp³-hybridized carbons (Fsp3) is 0.786. The summed E-state index contributed by atoms with van der Waals surface area (Å²) in [6.07, 6.45) is 12.5. The van der Waals surface area contributed by atoms with Gasteiger partial charge < -0.3 is 5.73 Å². The van der Waals surface area contributed by atoms with Crippen LogP contribution in [0.3, 0.4) is 0 Å². The highest BCUT2D eigenvalue weighted by Crippen LogP contribution is 2.33. The molecule has 0 saturated heterocycles. The van der Waals surface area contributed by atoms with Crippen LogP contribution in [0.25, 0.3) is 0 Å². The molecule has 17 heavy (non-hydrogen) atoms. The molecule has 0 amide bonds. The highest BCUT2D eigenvalue weighted by atomic mass is 15.3. The quantitative estimate of drug-likeness (QED) is 0.815. The van der Waals surface area contributed by atoms with Gasteiger partial charge in [0, 0.05) is 12.7 Å². The van der Waals surface area contributed by atoms with E-state index >= 15 is 0 Å². The number of hydrogen-bond donors (Lipinski definition) is 1. The van der Waals surface area contributed by atoms with Crippen LogP contribution in [0, 0.1) is 0 Å². The van der Waals surface area contributed by atoms with Crippen molar-refractivity contribution in [1.82, 2.24) is 9.78 Å². The fourth-order valence-electron chi connectivity index (χ4n) is 2.99. The molecule has 1 fully saturated rings. The molecule has 1 aromatic heterocycles. The lowest BCUT2D eigenvalue weighted by Gasteiger charge is -2.15. The van der Waals surface area contributed by atoms with Gasteiger partial charge in [0.1, 0.15) is 0 Å². The Hall–Kier alpha value is -0.830. The summed E-state index contributed by atoms with van der Waals surface area (Å²) in [5, 5.41) is 4.45. The second-order valence-corrected chi connectivity index (χ2v) is 5.25. The topological polar surface area (TPSA) is 43.8 Å². The van der Waals surface area contributed by atoms with Gasteiger partial charge in [0.2, 0.25) is 0 Å². The van der Waals surface area contributed by atoms with E-state index < -0.39 is 0 Å². The van der Waals surface area contributed by atoms with E-state index in [0.717, 1.165) is 25.3 Å². The Balaban J connectivity index is 2.12. The van der Waals surface area contributed by atoms with Crippen LogP contribution in [0.2, 0.25) is 0 Å². The summed E-state index contributed by atoms with van der Waals surface area (Å²) in [4.78, 5) is 0. The Kier molecular flexibility index (Phi) is 4.60. The normalized spacial score (nSPS) is 18.2. The van der Waals surface area contributed by atoms with Crippen molar-refractivity contribution in [3.05, 3.63) is 17.5 Å². The number of nitrogens with zero attached hydrogens (tertiary/aromatic N) is 2. The summed E-state index contributed by atoms with van der Waals surface area (Å²) in [7, 11) is 2.06. The molecular weight excluding hydrogens is 210 g/mol. The Morgan fingerprint density at radius 3 is 2.65 bits per heavy atom. The van der Waals surface area contributed by atoms with E-state index in [1.807, 2.05) is 0 Å². The van der Waals surface area contributed by atoms with Gasteiger partial charge in [-0.05, 0) is 43.7 Å². The van der Waals surface area contributed by atoms with Crippen LogP contribution in [0.1, 0.15) is 62.1 Å². The van der Waals surface area contributed by atoms with Crippen molar-refractivity contribution in [3.8, 4) is 0 Å². The van der Waals surface area contributed by atoms with Gasteiger partial charge in [0.15, 0.2) is 0 Å². The second-order valence-electron chi connectivity index (χ2n) is 5.25. The van der Waals surface area contributed by atoms with E-state index in [4.69, 9.17) is 5.73 Å². The van der Waals surface area contributed by atoms with Crippen LogP contribution in [0.5, 0.6) is 0 Å². The summed E-state index contributed by atoms with van der Waals surface area (Å²) in [6.45, 7) is 0.773. The van der Waals surface area contributed by atoms with Crippen LogP contribution < -0.4 is 5.73 Å². The minimum Gasteiger partial charge on any atom is -0.330 e. The number of rotatable bonds is 4. The van der Waals surface area contributed by atoms with Gasteiger partial charge in [-0.3, -0.25) is 4.68 Å². The average molecular weight is 235 g/mol. The monoisotopic (exact) mass is 235 g/mol. The molecule has 0 aromatic carbocycles. The van der Waals surface area contributed by atoms with Crippen molar-refractivity contribution < 1.29 is 0 Å². The van der Waals surface area contributed by atoms with Gasteiger partial charge in [-0.1, -0.05) is 25.7 Å². The number of nitrogens with two attached hydrogens (primary N) is 1. The molecular formula is C14H25N3. The Morgan fingerprint density at radius 2 is 2.00 bits per heavy atom. The van der Waals surface area contributed by atoms with Crippen molar-refractivity contribution in [2.24, 2.45) is 12.8 Å². The third-order valence-electron chi connectivity index (χ3n) is 4.01. The van der Waals surface area contributed by atoms with Crippen molar-refractivity contribution in [1.29, 1.82) is 0 Å². The van der Waals surface area contributed by atoms with Crippen LogP contribution >= 0.6 is 0 Å². The first-order chi connectivity index (χ1) is 8.33. The molecule has 0 radical (unpaired) electrons. The molecule has 1 aliphatic rings. The third-order valence-corrected chi connectivity index (χ3v) is 4.01. The van der Waals surface area contributed by atoms with Crippen LogP contribution in [0.4, 0.5) is 0 Å². The van der Waals surface area contributed by atoms with Crippen molar-refractivity contribution in [2.75, 3.05) is 6.54 Å². The van der Waals surface area contributed by atoms with Crippen molar-refractivity contribution >= 4 is 0 Å². The summed E-state index contributed by atoms with van der Waals surface area (Å²) < 4.78 is 2.05. The standard InChI is InChI=1S/C14H25N3/c1-17-14(9-6-10-15)13(11-16-17)12-7-4-2-3-5-8-12/h11-12H,2-10,15H2,1H3. The van der Waals surface area contributed by atoms with Crippen molar-refractivity contribution in [2.45, 2.75) is 57.3 Å². The molecule has 2 N–H and O–H groups in total. The molecule has 1 aliphatic carbocycles. The molecule has 0 unspecified atom stereocenters. The smallest absolute Gasteiger partial charge is 0.0527 e. The predicted octanol–water partition coefficient (Wildman–Crippen LogP) is 2.75. The Bertz CT molecular complexity index is 335. The van der Waals surface area contributed by atoms with E-state index in [2.05, 4.69) is 23.0 Å². The lowest BCUT2D eigenvalue weighted by Crippen LogP contribution is -2.08. The zero-order chi connectivity index (χ0) is 12.1. The lowest BCUT2D eigenvalue weighted by atomic mass is 9.91. The molecule has 96 valence electrons. The molecule has 0 spiro atoms. The van der Waals surface area contributed by atoms with Gasteiger partial charge >= 0.3 is 0 Å². The van der Waals surface area contributed by atoms with E-state index in [1.165, 1.54) is 49.8 Å². The molecule has 1 aromatic rings. The summed E-state index contributed by atoms with van der Waals surface area (Å²) in [5.74, 6) is 0.749. The molecule has 0 bridgehead atoms. The second kappa shape index (κ2) is 6.20. The van der Waals surface area contributed by atoms with Gasteiger partial charge in [-0.25, -0.2) is 0 Å². The molecule has 0 atom stereocenters. The average Bonchev–Trinajstić information content (AvgIpc) is 2.57. The molecule has 3 nitrogen and oxygen atoms in total. The zero-order valence-corrected chi connectivity index (χ0v) is 11.0. The van der Waals surface area contributed by atoms with E-state index in [1.54, 1.807) is 0 Å².